The molecule has 0 aliphatic rings. The fourth-order valence-electron chi connectivity index (χ4n) is 6.49. The Morgan fingerprint density at radius 3 is 1.22 bits per heavy atom. The molecule has 0 saturated heterocycles. The molecule has 6 aromatic rings. The summed E-state index contributed by atoms with van der Waals surface area (Å²) in [5.74, 6) is 0. The average molecular weight is 611 g/mol. The van der Waals surface area contributed by atoms with Crippen molar-refractivity contribution in [3.8, 4) is 12.1 Å². The minimum absolute atomic E-state index is 0.269. The van der Waals surface area contributed by atoms with Crippen LogP contribution in [0, 0.1) is 36.5 Å². The number of nitrogens with zero attached hydrogens (tertiary/aromatic N) is 4. The number of benzene rings is 2. The maximum atomic E-state index is 14.3. The molecule has 0 unspecified atom stereocenters. The van der Waals surface area contributed by atoms with Gasteiger partial charge in [0.15, 0.2) is 0 Å². The Labute approximate surface area is 270 Å². The first kappa shape index (κ1) is 35.0. The lowest BCUT2D eigenvalue weighted by molar-refractivity contribution is 1.12. The number of allylic oxidation sites excluding steroid dienone is 2. The Bertz CT molecular complexity index is 2230. The molecule has 234 valence electrons. The Morgan fingerprint density at radius 1 is 0.630 bits per heavy atom. The van der Waals surface area contributed by atoms with Crippen molar-refractivity contribution in [2.45, 2.75) is 69.2 Å². The van der Waals surface area contributed by atoms with E-state index in [4.69, 9.17) is 0 Å². The summed E-state index contributed by atoms with van der Waals surface area (Å²) in [5.41, 5.74) is 4.93. The molecule has 46 heavy (non-hydrogen) atoms. The van der Waals surface area contributed by atoms with Gasteiger partial charge in [0, 0.05) is 32.7 Å². The van der Waals surface area contributed by atoms with Crippen LogP contribution in [0.1, 0.15) is 100 Å². The third-order valence-corrected chi connectivity index (χ3v) is 7.92. The number of nitriles is 2. The third kappa shape index (κ3) is 4.61. The lowest BCUT2D eigenvalue weighted by Crippen LogP contribution is -2.19. The summed E-state index contributed by atoms with van der Waals surface area (Å²) in [5, 5.41) is 24.1. The zero-order valence-corrected chi connectivity index (χ0v) is 28.6. The minimum Gasteiger partial charge on any atom is -0.274 e. The number of aryl methyl sites for hydroxylation is 2. The van der Waals surface area contributed by atoms with Gasteiger partial charge in [0.2, 0.25) is 0 Å². The first-order valence-corrected chi connectivity index (χ1v) is 15.9. The van der Waals surface area contributed by atoms with Crippen molar-refractivity contribution >= 4 is 67.7 Å². The summed E-state index contributed by atoms with van der Waals surface area (Å²) < 4.78 is 3.19. The largest absolute Gasteiger partial charge is 0.274 e. The predicted octanol–water partition coefficient (Wildman–Crippen LogP) is 10.0. The molecule has 0 fully saturated rings. The van der Waals surface area contributed by atoms with Crippen LogP contribution in [0.5, 0.6) is 0 Å². The molecule has 0 aliphatic carbocycles. The van der Waals surface area contributed by atoms with Crippen LogP contribution in [-0.4, -0.2) is 8.80 Å². The molecule has 0 N–H and O–H groups in total. The van der Waals surface area contributed by atoms with E-state index in [1.165, 1.54) is 0 Å². The van der Waals surface area contributed by atoms with Crippen LogP contribution in [0.3, 0.4) is 0 Å². The van der Waals surface area contributed by atoms with E-state index in [1.54, 1.807) is 21.0 Å². The van der Waals surface area contributed by atoms with Gasteiger partial charge < -0.3 is 0 Å². The standard InChI is InChI=1S/C34H24N4O2.3C2H6/c1-7-11-25-19(9-3)23(15-35)31-21-13-18(6)28-30-22(14-17(5)27(29(21)30)33(39)37(25)31)32-24(16-36)20(10-4)26(12-8-2)38(32)34(28)40;3*1-2/h7-14H,3-4H2,1-2,5-6H3;3*1-2H3/b11-7-,12-8-;;;. The second-order valence-corrected chi connectivity index (χ2v) is 9.94. The molecular formula is C40H42N4O2. The van der Waals surface area contributed by atoms with Gasteiger partial charge in [0.25, 0.3) is 11.1 Å². The van der Waals surface area contributed by atoms with Gasteiger partial charge in [0.1, 0.15) is 12.1 Å². The molecule has 6 heteroatoms. The van der Waals surface area contributed by atoms with Gasteiger partial charge in [-0.1, -0.05) is 79.0 Å². The molecule has 0 spiro atoms. The molecule has 0 amide bonds. The van der Waals surface area contributed by atoms with Gasteiger partial charge in [-0.15, -0.1) is 0 Å². The average Bonchev–Trinajstić information content (AvgIpc) is 3.58. The fraction of sp³-hybridized carbons (Fsp3) is 0.250. The predicted molar refractivity (Wildman–Crippen MR) is 198 cm³/mol. The normalized spacial score (nSPS) is 11.0. The highest BCUT2D eigenvalue weighted by molar-refractivity contribution is 6.30. The summed E-state index contributed by atoms with van der Waals surface area (Å²) in [6.45, 7) is 27.3. The molecule has 0 saturated carbocycles. The first-order valence-electron chi connectivity index (χ1n) is 15.9. The third-order valence-electron chi connectivity index (χ3n) is 7.92. The Morgan fingerprint density at radius 2 is 0.957 bits per heavy atom. The number of aromatic nitrogens is 2. The topological polar surface area (TPSA) is 90.5 Å². The van der Waals surface area contributed by atoms with E-state index >= 15 is 0 Å². The van der Waals surface area contributed by atoms with E-state index in [9.17, 15) is 20.1 Å². The number of rotatable bonds is 4. The lowest BCUT2D eigenvalue weighted by atomic mass is 9.89. The smallest absolute Gasteiger partial charge is 0.263 e. The van der Waals surface area contributed by atoms with Gasteiger partial charge in [-0.2, -0.15) is 10.5 Å². The number of hydrogen-bond donors (Lipinski definition) is 0. The number of hydrogen-bond acceptors (Lipinski definition) is 4. The zero-order valence-electron chi connectivity index (χ0n) is 28.6. The van der Waals surface area contributed by atoms with Gasteiger partial charge >= 0.3 is 0 Å². The van der Waals surface area contributed by atoms with Crippen molar-refractivity contribution in [2.24, 2.45) is 0 Å². The van der Waals surface area contributed by atoms with Crippen LogP contribution in [-0.2, 0) is 0 Å². The van der Waals surface area contributed by atoms with Gasteiger partial charge in [-0.25, -0.2) is 0 Å². The molecule has 0 bridgehead atoms. The van der Waals surface area contributed by atoms with E-state index in [0.717, 1.165) is 0 Å². The van der Waals surface area contributed by atoms with Crippen LogP contribution in [0.15, 0.2) is 47.0 Å². The van der Waals surface area contributed by atoms with Crippen molar-refractivity contribution in [1.82, 2.24) is 8.80 Å². The highest BCUT2D eigenvalue weighted by Crippen LogP contribution is 2.42. The Kier molecular flexibility index (Phi) is 10.7. The van der Waals surface area contributed by atoms with Crippen LogP contribution < -0.4 is 11.1 Å². The van der Waals surface area contributed by atoms with Crippen LogP contribution in [0.4, 0.5) is 0 Å². The monoisotopic (exact) mass is 610 g/mol. The van der Waals surface area contributed by atoms with Crippen molar-refractivity contribution < 1.29 is 0 Å². The lowest BCUT2D eigenvalue weighted by Gasteiger charge is -2.17. The number of fused-ring (bicyclic) bond motifs is 4. The van der Waals surface area contributed by atoms with E-state index < -0.39 is 0 Å². The molecule has 6 nitrogen and oxygen atoms in total. The molecule has 4 aromatic heterocycles. The highest BCUT2D eigenvalue weighted by Gasteiger charge is 2.28. The van der Waals surface area contributed by atoms with Crippen molar-refractivity contribution in [3.05, 3.63) is 103 Å². The molecule has 0 radical (unpaired) electrons. The second kappa shape index (κ2) is 14.1. The fourth-order valence-corrected chi connectivity index (χ4v) is 6.49. The second-order valence-electron chi connectivity index (χ2n) is 9.94. The summed E-state index contributed by atoms with van der Waals surface area (Å²) in [6.07, 6.45) is 10.5. The van der Waals surface area contributed by atoms with Gasteiger partial charge in [-0.3, -0.25) is 18.4 Å². The van der Waals surface area contributed by atoms with Crippen molar-refractivity contribution in [2.75, 3.05) is 0 Å². The summed E-state index contributed by atoms with van der Waals surface area (Å²) >= 11 is 0. The van der Waals surface area contributed by atoms with Crippen molar-refractivity contribution in [3.63, 3.8) is 0 Å². The minimum atomic E-state index is -0.269. The van der Waals surface area contributed by atoms with E-state index in [0.29, 0.717) is 88.1 Å². The van der Waals surface area contributed by atoms with E-state index in [-0.39, 0.29) is 11.1 Å². The molecule has 0 aliphatic heterocycles. The van der Waals surface area contributed by atoms with Gasteiger partial charge in [-0.05, 0) is 63.1 Å². The van der Waals surface area contributed by atoms with Crippen LogP contribution in [0.25, 0.3) is 67.7 Å². The summed E-state index contributed by atoms with van der Waals surface area (Å²) in [4.78, 5) is 28.6. The molecule has 6 rings (SSSR count). The molecule has 4 heterocycles. The Hall–Kier alpha value is -5.46. The van der Waals surface area contributed by atoms with Gasteiger partial charge in [0.05, 0.1) is 44.3 Å². The van der Waals surface area contributed by atoms with Crippen molar-refractivity contribution in [1.29, 1.82) is 10.5 Å². The molecule has 2 aromatic carbocycles. The van der Waals surface area contributed by atoms with E-state index in [1.807, 2.05) is 106 Å². The number of pyridine rings is 2. The van der Waals surface area contributed by atoms with E-state index in [2.05, 4.69) is 25.3 Å². The quantitative estimate of drug-likeness (QED) is 0.186. The molecule has 0 atom stereocenters. The maximum absolute atomic E-state index is 14.3. The van der Waals surface area contributed by atoms with Crippen LogP contribution in [0.2, 0.25) is 0 Å². The zero-order chi connectivity index (χ0) is 34.6. The van der Waals surface area contributed by atoms with Crippen LogP contribution >= 0.6 is 0 Å². The summed E-state index contributed by atoms with van der Waals surface area (Å²) in [6, 6.07) is 8.41. The SMILES string of the molecule is C=Cc1c(C#N)c2c3cc(C)c4c(=O)n5c(/C=C\C)c(C=C)c(C#N)c5c5cc(C)c(c(=O)n2c1/C=C\C)c3c45.CC.CC.CC. The maximum Gasteiger partial charge on any atom is 0.263 e. The molecular weight excluding hydrogens is 568 g/mol. The first-order chi connectivity index (χ1) is 22.3. The Balaban J connectivity index is 0.000000908. The summed E-state index contributed by atoms with van der Waals surface area (Å²) in [7, 11) is 0. The highest BCUT2D eigenvalue weighted by atomic mass is 16.1.